The van der Waals surface area contributed by atoms with Crippen LogP contribution < -0.4 is 9.64 Å². The average molecular weight is 432 g/mol. The first-order chi connectivity index (χ1) is 14.5. The van der Waals surface area contributed by atoms with E-state index in [1.807, 2.05) is 4.90 Å². The van der Waals surface area contributed by atoms with Crippen molar-refractivity contribution in [3.63, 3.8) is 0 Å². The lowest BCUT2D eigenvalue weighted by Crippen LogP contribution is -2.49. The quantitative estimate of drug-likeness (QED) is 0.703. The molecule has 0 atom stereocenters. The minimum Gasteiger partial charge on any atom is -0.495 e. The van der Waals surface area contributed by atoms with Gasteiger partial charge in [-0.25, -0.2) is 18.4 Å². The molecule has 4 rings (SSSR count). The number of amides is 1. The zero-order chi connectivity index (χ0) is 21.1. The number of ether oxygens (including phenoxy) is 1. The predicted octanol–water partition coefficient (Wildman–Crippen LogP) is 1.23. The van der Waals surface area contributed by atoms with Crippen LogP contribution in [0.4, 0.5) is 5.95 Å². The Hall–Kier alpha value is -2.72. The van der Waals surface area contributed by atoms with Crippen LogP contribution in [0.2, 0.25) is 0 Å². The van der Waals surface area contributed by atoms with E-state index < -0.39 is 10.0 Å². The van der Waals surface area contributed by atoms with Crippen LogP contribution >= 0.6 is 0 Å². The number of sulfonamides is 1. The van der Waals surface area contributed by atoms with E-state index >= 15 is 0 Å². The SMILES string of the molecule is COc1ccc(C(=O)N2CCN(c3ncccn3)CC2)cc1S(=O)(=O)N1CCCC1. The van der Waals surface area contributed by atoms with Crippen LogP contribution in [-0.2, 0) is 10.0 Å². The zero-order valence-corrected chi connectivity index (χ0v) is 17.7. The number of carbonyl (C=O) groups is 1. The van der Waals surface area contributed by atoms with E-state index in [1.165, 1.54) is 17.5 Å². The van der Waals surface area contributed by atoms with Crippen molar-refractivity contribution in [2.75, 3.05) is 51.3 Å². The molecule has 0 unspecified atom stereocenters. The Morgan fingerprint density at radius 2 is 1.67 bits per heavy atom. The van der Waals surface area contributed by atoms with Crippen molar-refractivity contribution in [1.82, 2.24) is 19.2 Å². The predicted molar refractivity (Wildman–Crippen MR) is 111 cm³/mol. The van der Waals surface area contributed by atoms with Gasteiger partial charge in [-0.2, -0.15) is 4.31 Å². The van der Waals surface area contributed by atoms with E-state index in [4.69, 9.17) is 4.74 Å². The molecule has 0 aliphatic carbocycles. The minimum atomic E-state index is -3.70. The zero-order valence-electron chi connectivity index (χ0n) is 16.9. The molecule has 3 heterocycles. The lowest BCUT2D eigenvalue weighted by Gasteiger charge is -2.34. The molecule has 2 fully saturated rings. The minimum absolute atomic E-state index is 0.0501. The van der Waals surface area contributed by atoms with Gasteiger partial charge in [-0.3, -0.25) is 4.79 Å². The van der Waals surface area contributed by atoms with Crippen LogP contribution in [0.15, 0.2) is 41.6 Å². The molecule has 1 aromatic carbocycles. The lowest BCUT2D eigenvalue weighted by molar-refractivity contribution is 0.0746. The van der Waals surface area contributed by atoms with Crippen LogP contribution in [0.25, 0.3) is 0 Å². The van der Waals surface area contributed by atoms with Gasteiger partial charge in [0.1, 0.15) is 10.6 Å². The van der Waals surface area contributed by atoms with Gasteiger partial charge in [-0.05, 0) is 37.1 Å². The van der Waals surface area contributed by atoms with Crippen LogP contribution in [0.3, 0.4) is 0 Å². The lowest BCUT2D eigenvalue weighted by atomic mass is 10.1. The van der Waals surface area contributed by atoms with Gasteiger partial charge in [0, 0.05) is 57.2 Å². The third-order valence-corrected chi connectivity index (χ3v) is 7.42. The number of carbonyl (C=O) groups excluding carboxylic acids is 1. The molecule has 1 aromatic heterocycles. The summed E-state index contributed by atoms with van der Waals surface area (Å²) in [4.78, 5) is 25.4. The molecule has 9 nitrogen and oxygen atoms in total. The number of hydrogen-bond acceptors (Lipinski definition) is 7. The van der Waals surface area contributed by atoms with Gasteiger partial charge in [0.15, 0.2) is 0 Å². The van der Waals surface area contributed by atoms with Gasteiger partial charge in [-0.1, -0.05) is 0 Å². The monoisotopic (exact) mass is 431 g/mol. The first-order valence-electron chi connectivity index (χ1n) is 10.00. The molecule has 0 saturated carbocycles. The number of piperazine rings is 1. The molecule has 1 amide bonds. The van der Waals surface area contributed by atoms with Crippen molar-refractivity contribution < 1.29 is 17.9 Å². The number of nitrogens with zero attached hydrogens (tertiary/aromatic N) is 5. The second-order valence-electron chi connectivity index (χ2n) is 7.30. The number of aromatic nitrogens is 2. The summed E-state index contributed by atoms with van der Waals surface area (Å²) in [5.41, 5.74) is 0.345. The number of hydrogen-bond donors (Lipinski definition) is 0. The second kappa shape index (κ2) is 8.57. The number of rotatable bonds is 5. The molecule has 2 saturated heterocycles. The number of methoxy groups -OCH3 is 1. The Morgan fingerprint density at radius 1 is 1.00 bits per heavy atom. The molecule has 160 valence electrons. The van der Waals surface area contributed by atoms with Crippen LogP contribution in [0, 0.1) is 0 Å². The Labute approximate surface area is 176 Å². The molecule has 2 aliphatic heterocycles. The standard InChI is InChI=1S/C20H25N5O4S/c1-29-17-6-5-16(15-18(17)30(27,28)25-9-2-3-10-25)19(26)23-11-13-24(14-12-23)20-21-7-4-8-22-20/h4-8,15H,2-3,9-14H2,1H3. The third kappa shape index (κ3) is 3.97. The smallest absolute Gasteiger partial charge is 0.254 e. The van der Waals surface area contributed by atoms with Crippen LogP contribution in [0.5, 0.6) is 5.75 Å². The molecule has 2 aliphatic rings. The molecule has 0 bridgehead atoms. The third-order valence-electron chi connectivity index (χ3n) is 5.50. The summed E-state index contributed by atoms with van der Waals surface area (Å²) in [7, 11) is -2.26. The Balaban J connectivity index is 1.52. The van der Waals surface area contributed by atoms with E-state index in [9.17, 15) is 13.2 Å². The molecule has 30 heavy (non-hydrogen) atoms. The second-order valence-corrected chi connectivity index (χ2v) is 9.21. The van der Waals surface area contributed by atoms with Gasteiger partial charge in [0.2, 0.25) is 16.0 Å². The van der Waals surface area contributed by atoms with Crippen molar-refractivity contribution in [1.29, 1.82) is 0 Å². The number of anilines is 1. The fourth-order valence-electron chi connectivity index (χ4n) is 3.83. The highest BCUT2D eigenvalue weighted by Crippen LogP contribution is 2.30. The van der Waals surface area contributed by atoms with E-state index in [0.29, 0.717) is 50.8 Å². The van der Waals surface area contributed by atoms with Gasteiger partial charge in [0.25, 0.3) is 5.91 Å². The summed E-state index contributed by atoms with van der Waals surface area (Å²) in [5.74, 6) is 0.710. The van der Waals surface area contributed by atoms with Gasteiger partial charge >= 0.3 is 0 Å². The van der Waals surface area contributed by atoms with Crippen molar-refractivity contribution in [2.45, 2.75) is 17.7 Å². The Kier molecular flexibility index (Phi) is 5.87. The number of benzene rings is 1. The topological polar surface area (TPSA) is 95.9 Å². The molecule has 0 spiro atoms. The molecular formula is C20H25N5O4S. The first kappa shape index (κ1) is 20.5. The van der Waals surface area contributed by atoms with Crippen molar-refractivity contribution in [3.05, 3.63) is 42.2 Å². The fraction of sp³-hybridized carbons (Fsp3) is 0.450. The highest BCUT2D eigenvalue weighted by atomic mass is 32.2. The van der Waals surface area contributed by atoms with E-state index in [0.717, 1.165) is 12.8 Å². The first-order valence-corrected chi connectivity index (χ1v) is 11.4. The summed E-state index contributed by atoms with van der Waals surface area (Å²) >= 11 is 0. The van der Waals surface area contributed by atoms with Crippen molar-refractivity contribution in [3.8, 4) is 5.75 Å². The highest BCUT2D eigenvalue weighted by Gasteiger charge is 2.31. The van der Waals surface area contributed by atoms with Gasteiger partial charge < -0.3 is 14.5 Å². The fourth-order valence-corrected chi connectivity index (χ4v) is 5.52. The maximum absolute atomic E-state index is 13.1. The Morgan fingerprint density at radius 3 is 2.30 bits per heavy atom. The summed E-state index contributed by atoms with van der Waals surface area (Å²) in [6.45, 7) is 3.24. The normalized spacial score (nSPS) is 17.9. The Bertz CT molecular complexity index is 1000. The van der Waals surface area contributed by atoms with Gasteiger partial charge in [-0.15, -0.1) is 0 Å². The summed E-state index contributed by atoms with van der Waals surface area (Å²) in [6, 6.07) is 6.39. The van der Waals surface area contributed by atoms with E-state index in [1.54, 1.807) is 35.5 Å². The van der Waals surface area contributed by atoms with E-state index in [-0.39, 0.29) is 16.6 Å². The summed E-state index contributed by atoms with van der Waals surface area (Å²) in [5, 5.41) is 0. The molecular weight excluding hydrogens is 406 g/mol. The van der Waals surface area contributed by atoms with Crippen LogP contribution in [0.1, 0.15) is 23.2 Å². The highest BCUT2D eigenvalue weighted by molar-refractivity contribution is 7.89. The van der Waals surface area contributed by atoms with Crippen molar-refractivity contribution >= 4 is 21.9 Å². The van der Waals surface area contributed by atoms with E-state index in [2.05, 4.69) is 9.97 Å². The van der Waals surface area contributed by atoms with Crippen molar-refractivity contribution in [2.24, 2.45) is 0 Å². The maximum Gasteiger partial charge on any atom is 0.254 e. The maximum atomic E-state index is 13.1. The molecule has 2 aromatic rings. The summed E-state index contributed by atoms with van der Waals surface area (Å²) in [6.07, 6.45) is 5.07. The van der Waals surface area contributed by atoms with Crippen LogP contribution in [-0.4, -0.2) is 79.9 Å². The molecule has 0 radical (unpaired) electrons. The summed E-state index contributed by atoms with van der Waals surface area (Å²) < 4.78 is 32.9. The largest absolute Gasteiger partial charge is 0.495 e. The molecule has 10 heteroatoms. The van der Waals surface area contributed by atoms with Gasteiger partial charge in [0.05, 0.1) is 7.11 Å². The molecule has 0 N–H and O–H groups in total. The average Bonchev–Trinajstić information content (AvgIpc) is 3.35.